The predicted molar refractivity (Wildman–Crippen MR) is 64.7 cm³/mol. The summed E-state index contributed by atoms with van der Waals surface area (Å²) in [4.78, 5) is 3.95. The molecular weight excluding hydrogens is 257 g/mol. The molecule has 0 saturated carbocycles. The molecule has 3 nitrogen and oxygen atoms in total. The third kappa shape index (κ3) is 4.50. The molecule has 0 aliphatic carbocycles. The average Bonchev–Trinajstić information content (AvgIpc) is 2.36. The van der Waals surface area contributed by atoms with E-state index >= 15 is 0 Å². The van der Waals surface area contributed by atoms with Crippen molar-refractivity contribution in [1.29, 1.82) is 0 Å². The Morgan fingerprint density at radius 2 is 2.00 bits per heavy atom. The van der Waals surface area contributed by atoms with Crippen LogP contribution in [0.4, 0.5) is 18.9 Å². The minimum atomic E-state index is -4.68. The van der Waals surface area contributed by atoms with Crippen LogP contribution in [0.1, 0.15) is 5.56 Å². The second-order valence-electron chi connectivity index (χ2n) is 3.79. The summed E-state index contributed by atoms with van der Waals surface area (Å²) in [6.07, 6.45) is -1.34. The summed E-state index contributed by atoms with van der Waals surface area (Å²) in [6, 6.07) is 9.37. The van der Waals surface area contributed by atoms with Gasteiger partial charge in [-0.3, -0.25) is 4.98 Å². The standard InChI is InChI=1S/C13H11F3N2O/c14-13(15,16)19-12-5-1-4-11(7-12)18-9-10-3-2-6-17-8-10/h1-8,18H,9H2. The molecule has 1 aromatic heterocycles. The lowest BCUT2D eigenvalue weighted by Crippen LogP contribution is -2.17. The van der Waals surface area contributed by atoms with E-state index in [0.717, 1.165) is 5.56 Å². The second kappa shape index (κ2) is 5.60. The number of nitrogens with zero attached hydrogens (tertiary/aromatic N) is 1. The van der Waals surface area contributed by atoms with Gasteiger partial charge in [0.15, 0.2) is 0 Å². The van der Waals surface area contributed by atoms with Crippen LogP contribution >= 0.6 is 0 Å². The van der Waals surface area contributed by atoms with Crippen molar-refractivity contribution in [3.63, 3.8) is 0 Å². The first-order valence-corrected chi connectivity index (χ1v) is 5.51. The summed E-state index contributed by atoms with van der Waals surface area (Å²) in [5.74, 6) is -0.247. The van der Waals surface area contributed by atoms with E-state index in [1.165, 1.54) is 18.2 Å². The van der Waals surface area contributed by atoms with Gasteiger partial charge in [-0.2, -0.15) is 0 Å². The van der Waals surface area contributed by atoms with Crippen LogP contribution in [0, 0.1) is 0 Å². The molecule has 2 rings (SSSR count). The molecule has 0 bridgehead atoms. The maximum atomic E-state index is 12.1. The molecule has 100 valence electrons. The Kier molecular flexibility index (Phi) is 3.89. The predicted octanol–water partition coefficient (Wildman–Crippen LogP) is 3.59. The molecule has 0 aliphatic rings. The van der Waals surface area contributed by atoms with Gasteiger partial charge in [0.2, 0.25) is 0 Å². The number of rotatable bonds is 4. The highest BCUT2D eigenvalue weighted by Crippen LogP contribution is 2.25. The van der Waals surface area contributed by atoms with Gasteiger partial charge in [0, 0.05) is 30.7 Å². The summed E-state index contributed by atoms with van der Waals surface area (Å²) in [6.45, 7) is 0.476. The molecule has 0 radical (unpaired) electrons. The van der Waals surface area contributed by atoms with Gasteiger partial charge in [0.05, 0.1) is 0 Å². The molecule has 0 atom stereocenters. The molecule has 0 unspecified atom stereocenters. The van der Waals surface area contributed by atoms with E-state index < -0.39 is 6.36 Å². The minimum Gasteiger partial charge on any atom is -0.406 e. The molecular formula is C13H11F3N2O. The smallest absolute Gasteiger partial charge is 0.406 e. The quantitative estimate of drug-likeness (QED) is 0.920. The van der Waals surface area contributed by atoms with Gasteiger partial charge in [-0.25, -0.2) is 0 Å². The first kappa shape index (κ1) is 13.2. The summed E-state index contributed by atoms with van der Waals surface area (Å²) in [5.41, 5.74) is 1.48. The number of benzene rings is 1. The summed E-state index contributed by atoms with van der Waals surface area (Å²) < 4.78 is 40.1. The van der Waals surface area contributed by atoms with Gasteiger partial charge in [-0.15, -0.1) is 13.2 Å². The lowest BCUT2D eigenvalue weighted by Gasteiger charge is -2.11. The van der Waals surface area contributed by atoms with Crippen molar-refractivity contribution in [2.24, 2.45) is 0 Å². The van der Waals surface area contributed by atoms with E-state index in [4.69, 9.17) is 0 Å². The molecule has 0 aliphatic heterocycles. The number of halogens is 3. The Balaban J connectivity index is 1.99. The van der Waals surface area contributed by atoms with Crippen molar-refractivity contribution in [3.8, 4) is 5.75 Å². The molecule has 1 N–H and O–H groups in total. The molecule has 0 fully saturated rings. The summed E-state index contributed by atoms with van der Waals surface area (Å²) >= 11 is 0. The second-order valence-corrected chi connectivity index (χ2v) is 3.79. The zero-order chi connectivity index (χ0) is 13.7. The van der Waals surface area contributed by atoms with Crippen molar-refractivity contribution in [1.82, 2.24) is 4.98 Å². The van der Waals surface area contributed by atoms with E-state index in [1.807, 2.05) is 6.07 Å². The third-order valence-electron chi connectivity index (χ3n) is 2.29. The number of nitrogens with one attached hydrogen (secondary N) is 1. The number of hydrogen-bond acceptors (Lipinski definition) is 3. The fraction of sp³-hybridized carbons (Fsp3) is 0.154. The molecule has 2 aromatic rings. The Morgan fingerprint density at radius 1 is 1.16 bits per heavy atom. The zero-order valence-corrected chi connectivity index (χ0v) is 9.82. The first-order chi connectivity index (χ1) is 9.03. The third-order valence-corrected chi connectivity index (χ3v) is 2.29. The SMILES string of the molecule is FC(F)(F)Oc1cccc(NCc2cccnc2)c1. The number of anilines is 1. The molecule has 1 aromatic carbocycles. The number of alkyl halides is 3. The van der Waals surface area contributed by atoms with Gasteiger partial charge in [-0.1, -0.05) is 12.1 Å². The number of pyridine rings is 1. The van der Waals surface area contributed by atoms with Crippen molar-refractivity contribution >= 4 is 5.69 Å². The normalized spacial score (nSPS) is 11.1. The Hall–Kier alpha value is -2.24. The van der Waals surface area contributed by atoms with Crippen LogP contribution in [-0.4, -0.2) is 11.3 Å². The molecule has 0 saturated heterocycles. The van der Waals surface area contributed by atoms with Crippen molar-refractivity contribution in [2.45, 2.75) is 12.9 Å². The summed E-state index contributed by atoms with van der Waals surface area (Å²) in [7, 11) is 0. The largest absolute Gasteiger partial charge is 0.573 e. The van der Waals surface area contributed by atoms with Gasteiger partial charge in [0.25, 0.3) is 0 Å². The minimum absolute atomic E-state index is 0.247. The zero-order valence-electron chi connectivity index (χ0n) is 9.82. The van der Waals surface area contributed by atoms with E-state index in [0.29, 0.717) is 12.2 Å². The number of aromatic nitrogens is 1. The maximum Gasteiger partial charge on any atom is 0.573 e. The fourth-order valence-electron chi connectivity index (χ4n) is 1.51. The molecule has 1 heterocycles. The van der Waals surface area contributed by atoms with E-state index in [-0.39, 0.29) is 5.75 Å². The molecule has 0 spiro atoms. The Bertz CT molecular complexity index is 529. The van der Waals surface area contributed by atoms with Crippen LogP contribution in [0.3, 0.4) is 0 Å². The topological polar surface area (TPSA) is 34.1 Å². The van der Waals surface area contributed by atoms with Crippen LogP contribution in [0.2, 0.25) is 0 Å². The lowest BCUT2D eigenvalue weighted by atomic mass is 10.2. The fourth-order valence-corrected chi connectivity index (χ4v) is 1.51. The van der Waals surface area contributed by atoms with E-state index in [2.05, 4.69) is 15.0 Å². The molecule has 6 heteroatoms. The highest BCUT2D eigenvalue weighted by atomic mass is 19.4. The van der Waals surface area contributed by atoms with Crippen LogP contribution < -0.4 is 10.1 Å². The highest BCUT2D eigenvalue weighted by Gasteiger charge is 2.31. The van der Waals surface area contributed by atoms with Crippen molar-refractivity contribution in [3.05, 3.63) is 54.4 Å². The molecule has 19 heavy (non-hydrogen) atoms. The monoisotopic (exact) mass is 268 g/mol. The molecule has 0 amide bonds. The summed E-state index contributed by atoms with van der Waals surface area (Å²) in [5, 5.41) is 3.00. The van der Waals surface area contributed by atoms with Gasteiger partial charge >= 0.3 is 6.36 Å². The Morgan fingerprint density at radius 3 is 2.68 bits per heavy atom. The average molecular weight is 268 g/mol. The number of hydrogen-bond donors (Lipinski definition) is 1. The van der Waals surface area contributed by atoms with Crippen molar-refractivity contribution < 1.29 is 17.9 Å². The van der Waals surface area contributed by atoms with Crippen molar-refractivity contribution in [2.75, 3.05) is 5.32 Å². The van der Waals surface area contributed by atoms with Crippen LogP contribution in [0.15, 0.2) is 48.8 Å². The maximum absolute atomic E-state index is 12.1. The lowest BCUT2D eigenvalue weighted by molar-refractivity contribution is -0.274. The van der Waals surface area contributed by atoms with Crippen LogP contribution in [0.25, 0.3) is 0 Å². The van der Waals surface area contributed by atoms with E-state index in [1.54, 1.807) is 24.5 Å². The number of ether oxygens (including phenoxy) is 1. The highest BCUT2D eigenvalue weighted by molar-refractivity contribution is 5.48. The first-order valence-electron chi connectivity index (χ1n) is 5.51. The Labute approximate surface area is 108 Å². The van der Waals surface area contributed by atoms with E-state index in [9.17, 15) is 13.2 Å². The van der Waals surface area contributed by atoms with Crippen LogP contribution in [-0.2, 0) is 6.54 Å². The van der Waals surface area contributed by atoms with Gasteiger partial charge < -0.3 is 10.1 Å². The van der Waals surface area contributed by atoms with Gasteiger partial charge in [-0.05, 0) is 23.8 Å². The van der Waals surface area contributed by atoms with Gasteiger partial charge in [0.1, 0.15) is 5.75 Å². The van der Waals surface area contributed by atoms with Crippen LogP contribution in [0.5, 0.6) is 5.75 Å².